The molecule has 0 aliphatic carbocycles. The summed E-state index contributed by atoms with van der Waals surface area (Å²) in [4.78, 5) is 12.3. The Labute approximate surface area is 191 Å². The van der Waals surface area contributed by atoms with Crippen LogP contribution in [0.1, 0.15) is 25.0 Å². The maximum atomic E-state index is 12.6. The molecule has 0 aliphatic rings. The van der Waals surface area contributed by atoms with E-state index < -0.39 is 7.60 Å². The third-order valence-electron chi connectivity index (χ3n) is 4.37. The molecule has 0 aliphatic heterocycles. The molecule has 0 radical (unpaired) electrons. The van der Waals surface area contributed by atoms with Crippen molar-refractivity contribution in [3.05, 3.63) is 77.0 Å². The molecule has 0 atom stereocenters. The van der Waals surface area contributed by atoms with Gasteiger partial charge in [0.05, 0.1) is 25.6 Å². The Balaban J connectivity index is 1.62. The molecule has 0 unspecified atom stereocenters. The van der Waals surface area contributed by atoms with Gasteiger partial charge in [-0.05, 0) is 61.9 Å². The second-order valence-electron chi connectivity index (χ2n) is 6.74. The van der Waals surface area contributed by atoms with Crippen LogP contribution in [0, 0.1) is 0 Å². The molecule has 0 saturated carbocycles. The lowest BCUT2D eigenvalue weighted by Gasteiger charge is -2.17. The fraction of sp³-hybridized carbons (Fsp3) is 0.217. The van der Waals surface area contributed by atoms with Gasteiger partial charge in [-0.15, -0.1) is 0 Å². The first-order chi connectivity index (χ1) is 15.4. The Hall–Kier alpha value is -2.70. The molecule has 168 valence electrons. The first kappa shape index (κ1) is 24.0. The van der Waals surface area contributed by atoms with Crippen molar-refractivity contribution in [2.24, 2.45) is 0 Å². The predicted octanol–water partition coefficient (Wildman–Crippen LogP) is 6.41. The van der Waals surface area contributed by atoms with Crippen LogP contribution in [-0.2, 0) is 24.6 Å². The summed E-state index contributed by atoms with van der Waals surface area (Å²) in [6.45, 7) is 4.17. The van der Waals surface area contributed by atoms with Crippen molar-refractivity contribution < 1.29 is 22.9 Å². The molecule has 0 bridgehead atoms. The number of hydrogen-bond acceptors (Lipinski definition) is 6. The average molecular weight is 475 g/mol. The molecule has 3 rings (SSSR count). The second-order valence-corrected chi connectivity index (χ2v) is 9.23. The molecule has 1 aromatic heterocycles. The van der Waals surface area contributed by atoms with Gasteiger partial charge in [-0.2, -0.15) is 0 Å². The van der Waals surface area contributed by atoms with E-state index in [0.29, 0.717) is 35.2 Å². The minimum atomic E-state index is -3.18. The van der Waals surface area contributed by atoms with Gasteiger partial charge in [0.15, 0.2) is 5.76 Å². The summed E-state index contributed by atoms with van der Waals surface area (Å²) in [5, 5.41) is 7.22. The Morgan fingerprint density at radius 3 is 2.38 bits per heavy atom. The van der Waals surface area contributed by atoms with Crippen LogP contribution < -0.4 is 5.32 Å². The van der Waals surface area contributed by atoms with Crippen LogP contribution in [0.4, 0.5) is 5.69 Å². The fourth-order valence-electron chi connectivity index (χ4n) is 2.97. The summed E-state index contributed by atoms with van der Waals surface area (Å²) in [5.74, 6) is 0.235. The van der Waals surface area contributed by atoms with Gasteiger partial charge >= 0.3 is 7.60 Å². The van der Waals surface area contributed by atoms with Crippen molar-refractivity contribution in [1.82, 2.24) is 5.16 Å². The highest BCUT2D eigenvalue weighted by Gasteiger charge is 2.23. The van der Waals surface area contributed by atoms with Gasteiger partial charge in [-0.3, -0.25) is 9.36 Å². The van der Waals surface area contributed by atoms with Crippen LogP contribution in [0.3, 0.4) is 0 Å². The zero-order chi connectivity index (χ0) is 23.0. The van der Waals surface area contributed by atoms with Crippen LogP contribution in [0.2, 0.25) is 5.02 Å². The highest BCUT2D eigenvalue weighted by Crippen LogP contribution is 2.51. The fourth-order valence-corrected chi connectivity index (χ4v) is 4.80. The van der Waals surface area contributed by atoms with Crippen LogP contribution in [0.5, 0.6) is 0 Å². The molecule has 32 heavy (non-hydrogen) atoms. The Morgan fingerprint density at radius 1 is 1.09 bits per heavy atom. The first-order valence-electron chi connectivity index (χ1n) is 10.1. The maximum Gasteiger partial charge on any atom is 0.335 e. The Kier molecular flexibility index (Phi) is 8.42. The number of amides is 1. The van der Waals surface area contributed by atoms with Crippen LogP contribution in [0.15, 0.2) is 65.3 Å². The molecule has 2 aromatic carbocycles. The van der Waals surface area contributed by atoms with E-state index in [1.165, 1.54) is 12.3 Å². The Morgan fingerprint density at radius 2 is 1.75 bits per heavy atom. The van der Waals surface area contributed by atoms with Crippen molar-refractivity contribution in [3.63, 3.8) is 0 Å². The van der Waals surface area contributed by atoms with Gasteiger partial charge < -0.3 is 18.9 Å². The lowest BCUT2D eigenvalue weighted by Crippen LogP contribution is -2.07. The van der Waals surface area contributed by atoms with Gasteiger partial charge in [0.2, 0.25) is 5.91 Å². The minimum absolute atomic E-state index is 0.170. The molecule has 1 N–H and O–H groups in total. The zero-order valence-corrected chi connectivity index (χ0v) is 19.4. The summed E-state index contributed by atoms with van der Waals surface area (Å²) in [5.41, 5.74) is 2.87. The third kappa shape index (κ3) is 6.65. The maximum absolute atomic E-state index is 12.6. The largest absolute Gasteiger partial charge is 0.356 e. The number of aromatic nitrogens is 1. The number of benzene rings is 2. The number of carbonyl (C=O) groups excluding carboxylic acids is 1. The van der Waals surface area contributed by atoms with E-state index in [2.05, 4.69) is 10.5 Å². The van der Waals surface area contributed by atoms with Crippen LogP contribution >= 0.6 is 19.2 Å². The molecule has 3 aromatic rings. The SMILES string of the molecule is CCOP(=O)(Cc1ccc(NC(=O)/C=C/c2cnoc2-c2ccc(Cl)cc2)cc1)OCC. The molecule has 7 nitrogen and oxygen atoms in total. The topological polar surface area (TPSA) is 90.7 Å². The highest BCUT2D eigenvalue weighted by atomic mass is 35.5. The number of nitrogens with one attached hydrogen (secondary N) is 1. The molecule has 0 fully saturated rings. The van der Waals surface area contributed by atoms with Crippen LogP contribution in [0.25, 0.3) is 17.4 Å². The summed E-state index contributed by atoms with van der Waals surface area (Å²) in [7, 11) is -3.18. The quantitative estimate of drug-likeness (QED) is 0.269. The molecular weight excluding hydrogens is 451 g/mol. The molecule has 0 spiro atoms. The van der Waals surface area contributed by atoms with Crippen molar-refractivity contribution >= 4 is 36.9 Å². The summed E-state index contributed by atoms with van der Waals surface area (Å²) in [6, 6.07) is 14.2. The van der Waals surface area contributed by atoms with Crippen molar-refractivity contribution in [3.8, 4) is 11.3 Å². The van der Waals surface area contributed by atoms with E-state index in [0.717, 1.165) is 11.1 Å². The van der Waals surface area contributed by atoms with E-state index >= 15 is 0 Å². The molecule has 9 heteroatoms. The van der Waals surface area contributed by atoms with Crippen molar-refractivity contribution in [2.45, 2.75) is 20.0 Å². The van der Waals surface area contributed by atoms with E-state index in [9.17, 15) is 9.36 Å². The zero-order valence-electron chi connectivity index (χ0n) is 17.8. The predicted molar refractivity (Wildman–Crippen MR) is 126 cm³/mol. The lowest BCUT2D eigenvalue weighted by molar-refractivity contribution is -0.111. The van der Waals surface area contributed by atoms with E-state index in [1.54, 1.807) is 56.3 Å². The van der Waals surface area contributed by atoms with E-state index in [1.807, 2.05) is 12.1 Å². The standard InChI is InChI=1S/C23H24ClN2O5P/c1-3-29-32(28,30-4-2)16-17-5-12-21(13-6-17)26-22(27)14-9-19-15-25-31-23(19)18-7-10-20(24)11-8-18/h5-15H,3-4,16H2,1-2H3,(H,26,27)/b14-9+. The minimum Gasteiger partial charge on any atom is -0.356 e. The second kappa shape index (κ2) is 11.2. The monoisotopic (exact) mass is 474 g/mol. The van der Waals surface area contributed by atoms with Gasteiger partial charge in [-0.1, -0.05) is 28.9 Å². The van der Waals surface area contributed by atoms with E-state index in [-0.39, 0.29) is 12.1 Å². The normalized spacial score (nSPS) is 11.7. The summed E-state index contributed by atoms with van der Waals surface area (Å²) >= 11 is 5.92. The van der Waals surface area contributed by atoms with E-state index in [4.69, 9.17) is 25.2 Å². The molecular formula is C23H24ClN2O5P. The number of halogens is 1. The average Bonchev–Trinajstić information content (AvgIpc) is 3.23. The van der Waals surface area contributed by atoms with Crippen molar-refractivity contribution in [1.29, 1.82) is 0 Å². The first-order valence-corrected chi connectivity index (χ1v) is 12.2. The molecule has 1 amide bonds. The van der Waals surface area contributed by atoms with Gasteiger partial charge in [-0.25, -0.2) is 0 Å². The van der Waals surface area contributed by atoms with Crippen molar-refractivity contribution in [2.75, 3.05) is 18.5 Å². The third-order valence-corrected chi connectivity index (χ3v) is 6.68. The number of rotatable bonds is 10. The summed E-state index contributed by atoms with van der Waals surface area (Å²) < 4.78 is 28.6. The number of nitrogens with zero attached hydrogens (tertiary/aromatic N) is 1. The van der Waals surface area contributed by atoms with Gasteiger partial charge in [0.25, 0.3) is 0 Å². The molecule has 0 saturated heterocycles. The number of anilines is 1. The van der Waals surface area contributed by atoms with Crippen LogP contribution in [-0.4, -0.2) is 24.3 Å². The smallest absolute Gasteiger partial charge is 0.335 e. The Bertz CT molecular complexity index is 1100. The van der Waals surface area contributed by atoms with Gasteiger partial charge in [0, 0.05) is 27.9 Å². The number of hydrogen-bond donors (Lipinski definition) is 1. The lowest BCUT2D eigenvalue weighted by atomic mass is 10.1. The van der Waals surface area contributed by atoms with Gasteiger partial charge in [0.1, 0.15) is 0 Å². The number of carbonyl (C=O) groups is 1. The molecule has 1 heterocycles. The summed E-state index contributed by atoms with van der Waals surface area (Å²) in [6.07, 6.45) is 4.74. The highest BCUT2D eigenvalue weighted by molar-refractivity contribution is 7.53.